The lowest BCUT2D eigenvalue weighted by atomic mass is 10.1. The average molecular weight is 263 g/mol. The van der Waals surface area contributed by atoms with Gasteiger partial charge in [-0.15, -0.1) is 5.10 Å². The molecule has 2 saturated heterocycles. The Labute approximate surface area is 113 Å². The van der Waals surface area contributed by atoms with E-state index in [-0.39, 0.29) is 6.03 Å². The molecule has 0 spiro atoms. The summed E-state index contributed by atoms with van der Waals surface area (Å²) in [5, 5.41) is 7.80. The Balaban J connectivity index is 1.78. The monoisotopic (exact) mass is 263 g/mol. The van der Waals surface area contributed by atoms with Crippen molar-refractivity contribution in [1.29, 1.82) is 0 Å². The van der Waals surface area contributed by atoms with Crippen molar-refractivity contribution in [2.45, 2.75) is 51.7 Å². The van der Waals surface area contributed by atoms with E-state index in [0.717, 1.165) is 31.6 Å². The van der Waals surface area contributed by atoms with E-state index in [1.165, 1.54) is 4.68 Å². The molecule has 0 N–H and O–H groups in total. The van der Waals surface area contributed by atoms with Crippen molar-refractivity contribution in [3.63, 3.8) is 0 Å². The number of rotatable bonds is 1. The molecule has 3 rings (SSSR count). The number of aromatic nitrogens is 3. The van der Waals surface area contributed by atoms with Crippen LogP contribution in [0.3, 0.4) is 0 Å². The van der Waals surface area contributed by atoms with Crippen LogP contribution in [-0.2, 0) is 0 Å². The molecule has 2 aliphatic rings. The van der Waals surface area contributed by atoms with Crippen LogP contribution in [0.2, 0.25) is 0 Å². The summed E-state index contributed by atoms with van der Waals surface area (Å²) in [6.07, 6.45) is 3.91. The van der Waals surface area contributed by atoms with Gasteiger partial charge in [0, 0.05) is 31.2 Å². The number of carbonyl (C=O) groups is 1. The minimum Gasteiger partial charge on any atom is -0.314 e. The maximum atomic E-state index is 12.5. The van der Waals surface area contributed by atoms with E-state index in [1.54, 1.807) is 6.20 Å². The number of hydrogen-bond donors (Lipinski definition) is 0. The molecule has 19 heavy (non-hydrogen) atoms. The van der Waals surface area contributed by atoms with Crippen LogP contribution in [0, 0.1) is 6.92 Å². The number of aryl methyl sites for hydroxylation is 1. The van der Waals surface area contributed by atoms with Gasteiger partial charge in [-0.25, -0.2) is 4.79 Å². The summed E-state index contributed by atoms with van der Waals surface area (Å²) in [6.45, 7) is 8.25. The number of carbonyl (C=O) groups excluding carboxylic acids is 1. The summed E-state index contributed by atoms with van der Waals surface area (Å²) in [7, 11) is 0. The van der Waals surface area contributed by atoms with Crippen molar-refractivity contribution in [1.82, 2.24) is 24.8 Å². The van der Waals surface area contributed by atoms with Crippen LogP contribution in [0.25, 0.3) is 0 Å². The van der Waals surface area contributed by atoms with Crippen LogP contribution in [0.5, 0.6) is 0 Å². The number of hydrogen-bond acceptors (Lipinski definition) is 4. The van der Waals surface area contributed by atoms with E-state index in [4.69, 9.17) is 0 Å². The molecule has 0 aromatic carbocycles. The van der Waals surface area contributed by atoms with Crippen LogP contribution in [-0.4, -0.2) is 62.0 Å². The SMILES string of the molecule is Cc1cn(C(=O)N2C3CCC2CN(C(C)C)C3)nn1. The molecule has 1 aromatic rings. The van der Waals surface area contributed by atoms with Crippen molar-refractivity contribution < 1.29 is 4.79 Å². The first kappa shape index (κ1) is 12.6. The molecule has 1 aromatic heterocycles. The lowest BCUT2D eigenvalue weighted by Gasteiger charge is -2.42. The predicted molar refractivity (Wildman–Crippen MR) is 70.9 cm³/mol. The third kappa shape index (κ3) is 2.14. The lowest BCUT2D eigenvalue weighted by molar-refractivity contribution is 0.0698. The maximum absolute atomic E-state index is 12.5. The summed E-state index contributed by atoms with van der Waals surface area (Å²) in [4.78, 5) is 17.0. The first-order chi connectivity index (χ1) is 9.06. The van der Waals surface area contributed by atoms with Gasteiger partial charge in [-0.05, 0) is 33.6 Å². The molecule has 6 nitrogen and oxygen atoms in total. The third-order valence-electron chi connectivity index (χ3n) is 4.27. The largest absolute Gasteiger partial charge is 0.346 e. The second-order valence-corrected chi connectivity index (χ2v) is 5.93. The molecule has 1 amide bonds. The van der Waals surface area contributed by atoms with Crippen molar-refractivity contribution in [2.24, 2.45) is 0 Å². The van der Waals surface area contributed by atoms with Crippen LogP contribution in [0.4, 0.5) is 4.79 Å². The highest BCUT2D eigenvalue weighted by atomic mass is 16.2. The molecular weight excluding hydrogens is 242 g/mol. The zero-order valence-corrected chi connectivity index (χ0v) is 11.8. The quantitative estimate of drug-likeness (QED) is 0.761. The van der Waals surface area contributed by atoms with E-state index in [1.807, 2.05) is 11.8 Å². The van der Waals surface area contributed by atoms with Gasteiger partial charge >= 0.3 is 6.03 Å². The van der Waals surface area contributed by atoms with E-state index < -0.39 is 0 Å². The zero-order chi connectivity index (χ0) is 13.6. The Kier molecular flexibility index (Phi) is 3.05. The first-order valence-electron chi connectivity index (χ1n) is 7.02. The molecular formula is C13H21N5O. The second-order valence-electron chi connectivity index (χ2n) is 5.93. The Morgan fingerprint density at radius 3 is 2.42 bits per heavy atom. The predicted octanol–water partition coefficient (Wildman–Crippen LogP) is 1.11. The number of fused-ring (bicyclic) bond motifs is 2. The fourth-order valence-electron chi connectivity index (χ4n) is 3.23. The average Bonchev–Trinajstić information content (AvgIpc) is 2.90. The van der Waals surface area contributed by atoms with Gasteiger partial charge in [0.2, 0.25) is 0 Å². The van der Waals surface area contributed by atoms with Gasteiger partial charge in [-0.2, -0.15) is 4.68 Å². The molecule has 2 atom stereocenters. The van der Waals surface area contributed by atoms with Gasteiger partial charge in [0.05, 0.1) is 11.9 Å². The molecule has 2 unspecified atom stereocenters. The van der Waals surface area contributed by atoms with E-state index in [2.05, 4.69) is 29.1 Å². The van der Waals surface area contributed by atoms with Gasteiger partial charge in [0.1, 0.15) is 0 Å². The lowest BCUT2D eigenvalue weighted by Crippen LogP contribution is -2.58. The Hall–Kier alpha value is -1.43. The molecule has 6 heteroatoms. The number of nitrogens with zero attached hydrogens (tertiary/aromatic N) is 5. The van der Waals surface area contributed by atoms with Crippen molar-refractivity contribution in [3.8, 4) is 0 Å². The zero-order valence-electron chi connectivity index (χ0n) is 11.8. The fraction of sp³-hybridized carbons (Fsp3) is 0.769. The molecule has 0 saturated carbocycles. The molecule has 2 aliphatic heterocycles. The molecule has 0 aliphatic carbocycles. The summed E-state index contributed by atoms with van der Waals surface area (Å²) in [5.74, 6) is 0. The maximum Gasteiger partial charge on any atom is 0.346 e. The molecule has 2 fully saturated rings. The number of amides is 1. The highest BCUT2D eigenvalue weighted by molar-refractivity contribution is 5.77. The highest BCUT2D eigenvalue weighted by Gasteiger charge is 2.43. The molecule has 0 radical (unpaired) electrons. The first-order valence-corrected chi connectivity index (χ1v) is 7.02. The Morgan fingerprint density at radius 1 is 1.32 bits per heavy atom. The van der Waals surface area contributed by atoms with Crippen LogP contribution >= 0.6 is 0 Å². The van der Waals surface area contributed by atoms with Crippen molar-refractivity contribution in [2.75, 3.05) is 13.1 Å². The van der Waals surface area contributed by atoms with E-state index >= 15 is 0 Å². The summed E-state index contributed by atoms with van der Waals surface area (Å²) >= 11 is 0. The smallest absolute Gasteiger partial charge is 0.314 e. The van der Waals surface area contributed by atoms with Gasteiger partial charge in [0.15, 0.2) is 0 Å². The second kappa shape index (κ2) is 4.59. The van der Waals surface area contributed by atoms with Crippen molar-refractivity contribution >= 4 is 6.03 Å². The Bertz CT molecular complexity index is 469. The Morgan fingerprint density at radius 2 is 1.95 bits per heavy atom. The molecule has 104 valence electrons. The van der Waals surface area contributed by atoms with Gasteiger partial charge in [0.25, 0.3) is 0 Å². The summed E-state index contributed by atoms with van der Waals surface area (Å²) in [5.41, 5.74) is 0.779. The summed E-state index contributed by atoms with van der Waals surface area (Å²) < 4.78 is 1.38. The van der Waals surface area contributed by atoms with Crippen molar-refractivity contribution in [3.05, 3.63) is 11.9 Å². The van der Waals surface area contributed by atoms with Gasteiger partial charge < -0.3 is 4.90 Å². The van der Waals surface area contributed by atoms with Crippen LogP contribution in [0.15, 0.2) is 6.20 Å². The highest BCUT2D eigenvalue weighted by Crippen LogP contribution is 2.31. The normalized spacial score (nSPS) is 27.3. The molecule has 3 heterocycles. The third-order valence-corrected chi connectivity index (χ3v) is 4.27. The topological polar surface area (TPSA) is 54.3 Å². The minimum atomic E-state index is -0.0171. The van der Waals surface area contributed by atoms with Crippen LogP contribution < -0.4 is 0 Å². The van der Waals surface area contributed by atoms with Gasteiger partial charge in [-0.3, -0.25) is 4.90 Å². The van der Waals surface area contributed by atoms with Gasteiger partial charge in [-0.1, -0.05) is 5.21 Å². The number of piperazine rings is 1. The van der Waals surface area contributed by atoms with Crippen LogP contribution in [0.1, 0.15) is 32.4 Å². The minimum absolute atomic E-state index is 0.0171. The van der Waals surface area contributed by atoms with E-state index in [9.17, 15) is 4.79 Å². The standard InChI is InChI=1S/C13H21N5O/c1-9(2)16-7-11-4-5-12(8-16)18(11)13(19)17-6-10(3)14-15-17/h6,9,11-12H,4-5,7-8H2,1-3H3. The fourth-order valence-corrected chi connectivity index (χ4v) is 3.23. The summed E-state index contributed by atoms with van der Waals surface area (Å²) in [6, 6.07) is 1.20. The number of likely N-dealkylation sites (tertiary alicyclic amines) is 1. The molecule has 2 bridgehead atoms. The van der Waals surface area contributed by atoms with E-state index in [0.29, 0.717) is 18.1 Å².